The Hall–Kier alpha value is -1.86. The Kier molecular flexibility index (Phi) is 3.87. The summed E-state index contributed by atoms with van der Waals surface area (Å²) >= 11 is 5.82. The summed E-state index contributed by atoms with van der Waals surface area (Å²) in [5.41, 5.74) is 5.18. The van der Waals surface area contributed by atoms with Gasteiger partial charge >= 0.3 is 0 Å². The molecule has 102 valence electrons. The summed E-state index contributed by atoms with van der Waals surface area (Å²) in [4.78, 5) is 23.9. The zero-order valence-corrected chi connectivity index (χ0v) is 10.7. The third-order valence-corrected chi connectivity index (χ3v) is 3.16. The Morgan fingerprint density at radius 2 is 2.05 bits per heavy atom. The van der Waals surface area contributed by atoms with Gasteiger partial charge in [0.25, 0.3) is 11.6 Å². The van der Waals surface area contributed by atoms with E-state index in [9.17, 15) is 14.9 Å². The molecule has 8 heteroatoms. The van der Waals surface area contributed by atoms with Gasteiger partial charge in [0.2, 0.25) is 0 Å². The molecule has 0 unspecified atom stereocenters. The Morgan fingerprint density at radius 1 is 1.42 bits per heavy atom. The van der Waals surface area contributed by atoms with Crippen molar-refractivity contribution < 1.29 is 14.5 Å². The van der Waals surface area contributed by atoms with Gasteiger partial charge in [0.05, 0.1) is 23.2 Å². The number of nitro groups is 1. The first-order chi connectivity index (χ1) is 9.00. The fourth-order valence-electron chi connectivity index (χ4n) is 1.83. The highest BCUT2D eigenvalue weighted by atomic mass is 35.5. The van der Waals surface area contributed by atoms with Gasteiger partial charge in [-0.3, -0.25) is 14.9 Å². The van der Waals surface area contributed by atoms with Crippen LogP contribution in [0.25, 0.3) is 0 Å². The van der Waals surface area contributed by atoms with Gasteiger partial charge in [0.15, 0.2) is 0 Å². The number of nitro benzene ring substituents is 1. The molecule has 0 atom stereocenters. The molecule has 1 aromatic rings. The number of benzene rings is 1. The topological polar surface area (TPSA) is 98.7 Å². The number of halogens is 1. The third kappa shape index (κ3) is 2.77. The van der Waals surface area contributed by atoms with Crippen LogP contribution in [0.1, 0.15) is 10.4 Å². The van der Waals surface area contributed by atoms with Crippen molar-refractivity contribution in [1.82, 2.24) is 4.90 Å². The summed E-state index contributed by atoms with van der Waals surface area (Å²) in [6.07, 6.45) is 0. The fraction of sp³-hybridized carbons (Fsp3) is 0.364. The highest BCUT2D eigenvalue weighted by Crippen LogP contribution is 2.31. The molecule has 1 heterocycles. The predicted molar refractivity (Wildman–Crippen MR) is 69.2 cm³/mol. The van der Waals surface area contributed by atoms with Crippen LogP contribution in [0.3, 0.4) is 0 Å². The monoisotopic (exact) mass is 285 g/mol. The van der Waals surface area contributed by atoms with Gasteiger partial charge in [0.1, 0.15) is 5.69 Å². The molecule has 1 saturated heterocycles. The van der Waals surface area contributed by atoms with E-state index in [0.717, 1.165) is 6.07 Å². The van der Waals surface area contributed by atoms with Crippen molar-refractivity contribution in [3.63, 3.8) is 0 Å². The van der Waals surface area contributed by atoms with Crippen molar-refractivity contribution >= 4 is 28.9 Å². The normalized spacial score (nSPS) is 15.3. The first kappa shape index (κ1) is 13.6. The first-order valence-corrected chi connectivity index (χ1v) is 5.99. The molecule has 0 aliphatic carbocycles. The van der Waals surface area contributed by atoms with E-state index in [1.807, 2.05) is 0 Å². The molecule has 0 saturated carbocycles. The van der Waals surface area contributed by atoms with Gasteiger partial charge in [-0.2, -0.15) is 0 Å². The molecule has 2 rings (SSSR count). The highest BCUT2D eigenvalue weighted by Gasteiger charge is 2.23. The maximum atomic E-state index is 12.2. The molecule has 1 aliphatic heterocycles. The Labute approximate surface area is 114 Å². The number of nitrogen functional groups attached to an aromatic ring is 1. The van der Waals surface area contributed by atoms with Gasteiger partial charge < -0.3 is 15.4 Å². The number of carbonyl (C=O) groups excluding carboxylic acids is 1. The predicted octanol–water partition coefficient (Wildman–Crippen LogP) is 1.30. The van der Waals surface area contributed by atoms with Crippen LogP contribution in [0.4, 0.5) is 11.4 Å². The SMILES string of the molecule is Nc1c(Cl)cc(C(=O)N2CCOCC2)cc1[N+](=O)[O-]. The summed E-state index contributed by atoms with van der Waals surface area (Å²) < 4.78 is 5.14. The number of amides is 1. The summed E-state index contributed by atoms with van der Waals surface area (Å²) in [5, 5.41) is 10.9. The minimum Gasteiger partial charge on any atom is -0.392 e. The molecule has 0 aromatic heterocycles. The van der Waals surface area contributed by atoms with Crippen molar-refractivity contribution in [2.24, 2.45) is 0 Å². The minimum absolute atomic E-state index is 0.00538. The lowest BCUT2D eigenvalue weighted by Crippen LogP contribution is -2.40. The lowest BCUT2D eigenvalue weighted by atomic mass is 10.1. The van der Waals surface area contributed by atoms with Gasteiger partial charge in [0, 0.05) is 24.7 Å². The van der Waals surface area contributed by atoms with Crippen molar-refractivity contribution in [1.29, 1.82) is 0 Å². The molecule has 1 fully saturated rings. The lowest BCUT2D eigenvalue weighted by Gasteiger charge is -2.26. The van der Waals surface area contributed by atoms with Crippen LogP contribution in [0, 0.1) is 10.1 Å². The average Bonchev–Trinajstić information content (AvgIpc) is 2.41. The number of rotatable bonds is 2. The van der Waals surface area contributed by atoms with Gasteiger partial charge in [-0.15, -0.1) is 0 Å². The second-order valence-electron chi connectivity index (χ2n) is 4.05. The van der Waals surface area contributed by atoms with Crippen LogP contribution in [-0.4, -0.2) is 42.0 Å². The van der Waals surface area contributed by atoms with Crippen LogP contribution in [0.15, 0.2) is 12.1 Å². The molecule has 1 aromatic carbocycles. The van der Waals surface area contributed by atoms with Crippen molar-refractivity contribution in [2.75, 3.05) is 32.0 Å². The van der Waals surface area contributed by atoms with Gasteiger partial charge in [-0.05, 0) is 6.07 Å². The lowest BCUT2D eigenvalue weighted by molar-refractivity contribution is -0.383. The first-order valence-electron chi connectivity index (χ1n) is 5.61. The summed E-state index contributed by atoms with van der Waals surface area (Å²) in [6, 6.07) is 2.50. The smallest absolute Gasteiger partial charge is 0.294 e. The number of anilines is 1. The molecule has 2 N–H and O–H groups in total. The number of carbonyl (C=O) groups is 1. The Balaban J connectivity index is 2.34. The van der Waals surface area contributed by atoms with Gasteiger partial charge in [-0.25, -0.2) is 0 Å². The molecule has 0 bridgehead atoms. The van der Waals surface area contributed by atoms with E-state index in [2.05, 4.69) is 0 Å². The second kappa shape index (κ2) is 5.41. The minimum atomic E-state index is -0.655. The van der Waals surface area contributed by atoms with Crippen LogP contribution >= 0.6 is 11.6 Å². The standard InChI is InChI=1S/C11H12ClN3O4/c12-8-5-7(6-9(10(8)13)15(17)18)11(16)14-1-3-19-4-2-14/h5-6H,1-4,13H2. The van der Waals surface area contributed by atoms with Crippen molar-refractivity contribution in [3.8, 4) is 0 Å². The maximum Gasteiger partial charge on any atom is 0.294 e. The van der Waals surface area contributed by atoms with Crippen LogP contribution < -0.4 is 5.73 Å². The maximum absolute atomic E-state index is 12.2. The van der Waals surface area contributed by atoms with Crippen LogP contribution in [0.5, 0.6) is 0 Å². The summed E-state index contributed by atoms with van der Waals surface area (Å²) in [5.74, 6) is -0.312. The summed E-state index contributed by atoms with van der Waals surface area (Å²) in [7, 11) is 0. The van der Waals surface area contributed by atoms with E-state index in [1.165, 1.54) is 6.07 Å². The van der Waals surface area contributed by atoms with E-state index < -0.39 is 4.92 Å². The number of hydrogen-bond donors (Lipinski definition) is 1. The van der Waals surface area contributed by atoms with E-state index >= 15 is 0 Å². The molecule has 1 amide bonds. The molecule has 1 aliphatic rings. The molecule has 0 spiro atoms. The van der Waals surface area contributed by atoms with Crippen molar-refractivity contribution in [3.05, 3.63) is 32.8 Å². The Morgan fingerprint density at radius 3 is 2.63 bits per heavy atom. The van der Waals surface area contributed by atoms with E-state index in [4.69, 9.17) is 22.1 Å². The molecule has 0 radical (unpaired) electrons. The van der Waals surface area contributed by atoms with E-state index in [0.29, 0.717) is 26.3 Å². The quantitative estimate of drug-likeness (QED) is 0.502. The number of nitrogens with zero attached hydrogens (tertiary/aromatic N) is 2. The molecule has 7 nitrogen and oxygen atoms in total. The number of ether oxygens (including phenoxy) is 1. The van der Waals surface area contributed by atoms with Crippen molar-refractivity contribution in [2.45, 2.75) is 0 Å². The van der Waals surface area contributed by atoms with Gasteiger partial charge in [-0.1, -0.05) is 11.6 Å². The molecular formula is C11H12ClN3O4. The van der Waals surface area contributed by atoms with Crippen LogP contribution in [0.2, 0.25) is 5.02 Å². The van der Waals surface area contributed by atoms with Crippen LogP contribution in [-0.2, 0) is 4.74 Å². The zero-order valence-electron chi connectivity index (χ0n) is 9.97. The zero-order chi connectivity index (χ0) is 14.0. The Bertz CT molecular complexity index is 529. The number of hydrogen-bond acceptors (Lipinski definition) is 5. The third-order valence-electron chi connectivity index (χ3n) is 2.85. The fourth-order valence-corrected chi connectivity index (χ4v) is 2.04. The average molecular weight is 286 g/mol. The summed E-state index contributed by atoms with van der Waals surface area (Å²) in [6.45, 7) is 1.82. The van der Waals surface area contributed by atoms with E-state index in [1.54, 1.807) is 4.90 Å². The number of nitrogens with two attached hydrogens (primary N) is 1. The van der Waals surface area contributed by atoms with E-state index in [-0.39, 0.29) is 27.9 Å². The molecular weight excluding hydrogens is 274 g/mol. The molecule has 19 heavy (non-hydrogen) atoms. The number of morpholine rings is 1. The second-order valence-corrected chi connectivity index (χ2v) is 4.46. The highest BCUT2D eigenvalue weighted by molar-refractivity contribution is 6.34. The largest absolute Gasteiger partial charge is 0.392 e.